The van der Waals surface area contributed by atoms with Gasteiger partial charge in [-0.1, -0.05) is 21.1 Å². The highest BCUT2D eigenvalue weighted by atomic mass is 79.9. The number of halogens is 1. The van der Waals surface area contributed by atoms with E-state index in [1.807, 2.05) is 18.2 Å². The maximum absolute atomic E-state index is 8.97. The number of hydrogen-bond donors (Lipinski definition) is 2. The van der Waals surface area contributed by atoms with E-state index in [1.54, 1.807) is 0 Å². The van der Waals surface area contributed by atoms with Crippen molar-refractivity contribution in [3.63, 3.8) is 0 Å². The lowest BCUT2D eigenvalue weighted by Gasteiger charge is -2.35. The highest BCUT2D eigenvalue weighted by Gasteiger charge is 2.22. The molecular formula is C15H23BrN4O. The number of nitrogens with zero attached hydrogens (tertiary/aromatic N) is 3. The van der Waals surface area contributed by atoms with Crippen LogP contribution in [0, 0.1) is 5.92 Å². The number of hydrogen-bond acceptors (Lipinski definition) is 4. The van der Waals surface area contributed by atoms with Crippen LogP contribution >= 0.6 is 15.9 Å². The van der Waals surface area contributed by atoms with Crippen molar-refractivity contribution in [3.05, 3.63) is 28.2 Å². The summed E-state index contributed by atoms with van der Waals surface area (Å²) in [5.41, 5.74) is 7.62. The summed E-state index contributed by atoms with van der Waals surface area (Å²) < 4.78 is 0.926. The van der Waals surface area contributed by atoms with Crippen LogP contribution in [0.5, 0.6) is 0 Å². The molecule has 0 bridgehead atoms. The molecule has 21 heavy (non-hydrogen) atoms. The lowest BCUT2D eigenvalue weighted by Crippen LogP contribution is -2.38. The van der Waals surface area contributed by atoms with Gasteiger partial charge in [-0.15, -0.1) is 0 Å². The van der Waals surface area contributed by atoms with Crippen molar-refractivity contribution < 1.29 is 5.21 Å². The molecule has 3 N–H and O–H groups in total. The molecule has 0 aromatic heterocycles. The maximum Gasteiger partial charge on any atom is 0.172 e. The van der Waals surface area contributed by atoms with Crippen molar-refractivity contribution in [3.8, 4) is 0 Å². The summed E-state index contributed by atoms with van der Waals surface area (Å²) in [5.74, 6) is 0.903. The molecule has 1 saturated heterocycles. The summed E-state index contributed by atoms with van der Waals surface area (Å²) in [4.78, 5) is 4.58. The minimum atomic E-state index is 0.154. The van der Waals surface area contributed by atoms with Crippen LogP contribution in [0.15, 0.2) is 27.8 Å². The first-order chi connectivity index (χ1) is 10.0. The SMILES string of the molecule is CN(C)CC1CCN(c2ccc(Br)cc2/C(N)=N/O)CC1. The third-order valence-electron chi connectivity index (χ3n) is 3.92. The zero-order valence-corrected chi connectivity index (χ0v) is 14.2. The van der Waals surface area contributed by atoms with E-state index in [1.165, 1.54) is 12.8 Å². The highest BCUT2D eigenvalue weighted by molar-refractivity contribution is 9.10. The van der Waals surface area contributed by atoms with Gasteiger partial charge in [-0.2, -0.15) is 0 Å². The number of piperidine rings is 1. The number of anilines is 1. The van der Waals surface area contributed by atoms with Gasteiger partial charge in [0.1, 0.15) is 0 Å². The van der Waals surface area contributed by atoms with E-state index in [0.717, 1.165) is 41.3 Å². The summed E-state index contributed by atoms with van der Waals surface area (Å²) in [6.45, 7) is 3.15. The fourth-order valence-corrected chi connectivity index (χ4v) is 3.28. The van der Waals surface area contributed by atoms with Crippen molar-refractivity contribution in [1.82, 2.24) is 4.90 Å². The number of benzene rings is 1. The quantitative estimate of drug-likeness (QED) is 0.377. The second kappa shape index (κ2) is 7.13. The first kappa shape index (κ1) is 16.1. The molecule has 0 aliphatic carbocycles. The van der Waals surface area contributed by atoms with E-state index in [-0.39, 0.29) is 5.84 Å². The van der Waals surface area contributed by atoms with Gasteiger partial charge < -0.3 is 20.7 Å². The van der Waals surface area contributed by atoms with Crippen molar-refractivity contribution in [1.29, 1.82) is 0 Å². The van der Waals surface area contributed by atoms with Gasteiger partial charge in [0.05, 0.1) is 0 Å². The predicted octanol–water partition coefficient (Wildman–Crippen LogP) is 2.32. The molecule has 0 amide bonds. The average molecular weight is 355 g/mol. The molecule has 2 rings (SSSR count). The van der Waals surface area contributed by atoms with Crippen LogP contribution in [-0.2, 0) is 0 Å². The Hall–Kier alpha value is -1.27. The Labute approximate surface area is 134 Å². The van der Waals surface area contributed by atoms with E-state index in [9.17, 15) is 0 Å². The van der Waals surface area contributed by atoms with Crippen LogP contribution in [0.2, 0.25) is 0 Å². The van der Waals surface area contributed by atoms with Gasteiger partial charge in [0, 0.05) is 35.4 Å². The highest BCUT2D eigenvalue weighted by Crippen LogP contribution is 2.28. The first-order valence-electron chi connectivity index (χ1n) is 7.18. The Balaban J connectivity index is 2.13. The molecule has 0 radical (unpaired) electrons. The van der Waals surface area contributed by atoms with E-state index in [4.69, 9.17) is 10.9 Å². The van der Waals surface area contributed by atoms with Crippen LogP contribution in [0.4, 0.5) is 5.69 Å². The maximum atomic E-state index is 8.97. The Kier molecular flexibility index (Phi) is 5.47. The smallest absolute Gasteiger partial charge is 0.172 e. The molecule has 0 atom stereocenters. The minimum Gasteiger partial charge on any atom is -0.409 e. The van der Waals surface area contributed by atoms with Crippen LogP contribution in [-0.4, -0.2) is 49.7 Å². The fourth-order valence-electron chi connectivity index (χ4n) is 2.92. The number of oxime groups is 1. The predicted molar refractivity (Wildman–Crippen MR) is 90.1 cm³/mol. The van der Waals surface area contributed by atoms with Crippen molar-refractivity contribution >= 4 is 27.5 Å². The molecule has 1 fully saturated rings. The second-order valence-corrected chi connectivity index (χ2v) is 6.76. The van der Waals surface area contributed by atoms with E-state index in [0.29, 0.717) is 0 Å². The number of rotatable bonds is 4. The lowest BCUT2D eigenvalue weighted by atomic mass is 9.95. The van der Waals surface area contributed by atoms with E-state index in [2.05, 4.69) is 45.0 Å². The van der Waals surface area contributed by atoms with E-state index < -0.39 is 0 Å². The summed E-state index contributed by atoms with van der Waals surface area (Å²) in [7, 11) is 4.25. The fraction of sp³-hybridized carbons (Fsp3) is 0.533. The van der Waals surface area contributed by atoms with Gasteiger partial charge in [-0.3, -0.25) is 0 Å². The standard InChI is InChI=1S/C15H23BrN4O/c1-19(2)10-11-5-7-20(8-6-11)14-4-3-12(16)9-13(14)15(17)18-21/h3-4,9,11,21H,5-8,10H2,1-2H3,(H2,17,18). The van der Waals surface area contributed by atoms with E-state index >= 15 is 0 Å². The average Bonchev–Trinajstić information content (AvgIpc) is 2.47. The summed E-state index contributed by atoms with van der Waals surface area (Å²) in [5, 5.41) is 12.1. The topological polar surface area (TPSA) is 65.1 Å². The lowest BCUT2D eigenvalue weighted by molar-refractivity contribution is 0.285. The van der Waals surface area contributed by atoms with Crippen LogP contribution in [0.1, 0.15) is 18.4 Å². The van der Waals surface area contributed by atoms with Gasteiger partial charge in [0.15, 0.2) is 5.84 Å². The molecule has 116 valence electrons. The van der Waals surface area contributed by atoms with Gasteiger partial charge in [0.25, 0.3) is 0 Å². The molecule has 5 nitrogen and oxygen atoms in total. The van der Waals surface area contributed by atoms with Crippen molar-refractivity contribution in [2.24, 2.45) is 16.8 Å². The summed E-state index contributed by atoms with van der Waals surface area (Å²) in [6.07, 6.45) is 2.34. The number of amidine groups is 1. The Morgan fingerprint density at radius 1 is 1.43 bits per heavy atom. The third kappa shape index (κ3) is 4.11. The molecule has 1 aliphatic heterocycles. The minimum absolute atomic E-state index is 0.154. The van der Waals surface area contributed by atoms with Crippen LogP contribution in [0.3, 0.4) is 0 Å². The summed E-state index contributed by atoms with van der Waals surface area (Å²) in [6, 6.07) is 5.93. The van der Waals surface area contributed by atoms with Gasteiger partial charge in [0.2, 0.25) is 0 Å². The molecule has 0 spiro atoms. The van der Waals surface area contributed by atoms with Crippen molar-refractivity contribution in [2.45, 2.75) is 12.8 Å². The molecule has 1 aliphatic rings. The van der Waals surface area contributed by atoms with Gasteiger partial charge >= 0.3 is 0 Å². The second-order valence-electron chi connectivity index (χ2n) is 5.84. The molecule has 6 heteroatoms. The molecule has 1 aromatic rings. The zero-order valence-electron chi connectivity index (χ0n) is 12.6. The molecule has 1 heterocycles. The Morgan fingerprint density at radius 2 is 2.10 bits per heavy atom. The first-order valence-corrected chi connectivity index (χ1v) is 7.97. The Bertz CT molecular complexity index is 510. The van der Waals surface area contributed by atoms with Gasteiger partial charge in [-0.25, -0.2) is 0 Å². The molecular weight excluding hydrogens is 332 g/mol. The third-order valence-corrected chi connectivity index (χ3v) is 4.41. The zero-order chi connectivity index (χ0) is 15.4. The van der Waals surface area contributed by atoms with Crippen LogP contribution < -0.4 is 10.6 Å². The molecule has 0 unspecified atom stereocenters. The summed E-state index contributed by atoms with van der Waals surface area (Å²) >= 11 is 3.44. The largest absolute Gasteiger partial charge is 0.409 e. The normalized spacial score (nSPS) is 17.5. The van der Waals surface area contributed by atoms with Crippen LogP contribution in [0.25, 0.3) is 0 Å². The molecule has 1 aromatic carbocycles. The number of nitrogens with two attached hydrogens (primary N) is 1. The van der Waals surface area contributed by atoms with Crippen molar-refractivity contribution in [2.75, 3.05) is 38.6 Å². The molecule has 0 saturated carbocycles. The Morgan fingerprint density at radius 3 is 2.67 bits per heavy atom. The van der Waals surface area contributed by atoms with Gasteiger partial charge in [-0.05, 0) is 51.1 Å². The monoisotopic (exact) mass is 354 g/mol.